The van der Waals surface area contributed by atoms with Crippen LogP contribution in [0.1, 0.15) is 44.6 Å². The van der Waals surface area contributed by atoms with Gasteiger partial charge in [0.05, 0.1) is 11.7 Å². The van der Waals surface area contributed by atoms with Crippen molar-refractivity contribution < 1.29 is 14.2 Å². The van der Waals surface area contributed by atoms with Gasteiger partial charge in [-0.1, -0.05) is 62.2 Å². The molecule has 32 heavy (non-hydrogen) atoms. The fourth-order valence-corrected chi connectivity index (χ4v) is 4.07. The Morgan fingerprint density at radius 1 is 1.16 bits per heavy atom. The molecule has 0 amide bonds. The van der Waals surface area contributed by atoms with Crippen LogP contribution in [0.3, 0.4) is 0 Å². The predicted molar refractivity (Wildman–Crippen MR) is 124 cm³/mol. The molecule has 1 saturated carbocycles. The van der Waals surface area contributed by atoms with E-state index in [4.69, 9.17) is 9.84 Å². The third kappa shape index (κ3) is 5.37. The predicted octanol–water partition coefficient (Wildman–Crippen LogP) is 5.53. The molecule has 2 aromatic carbocycles. The molecule has 0 aliphatic heterocycles. The van der Waals surface area contributed by atoms with Crippen LogP contribution in [0.5, 0.6) is 11.6 Å². The SMILES string of the molecule is CCCCC(O)CN(Cc1c(-c2ccccc2)nn(C)c1Oc1ccccc1F)C1CC1. The second kappa shape index (κ2) is 10.3. The molecular formula is C26H32FN3O2. The van der Waals surface area contributed by atoms with E-state index in [1.54, 1.807) is 22.9 Å². The van der Waals surface area contributed by atoms with Crippen LogP contribution >= 0.6 is 0 Å². The maximum atomic E-state index is 14.4. The number of aliphatic hydroxyl groups excluding tert-OH is 1. The summed E-state index contributed by atoms with van der Waals surface area (Å²) >= 11 is 0. The van der Waals surface area contributed by atoms with E-state index < -0.39 is 5.82 Å². The van der Waals surface area contributed by atoms with Crippen LogP contribution in [0.25, 0.3) is 11.3 Å². The smallest absolute Gasteiger partial charge is 0.222 e. The first-order valence-electron chi connectivity index (χ1n) is 11.5. The Hall–Kier alpha value is -2.70. The molecule has 1 aliphatic carbocycles. The number of aromatic nitrogens is 2. The lowest BCUT2D eigenvalue weighted by Crippen LogP contribution is -2.34. The van der Waals surface area contributed by atoms with E-state index in [0.29, 0.717) is 25.0 Å². The fourth-order valence-electron chi connectivity index (χ4n) is 4.07. The van der Waals surface area contributed by atoms with E-state index in [0.717, 1.165) is 48.9 Å². The number of aryl methyl sites for hydroxylation is 1. The van der Waals surface area contributed by atoms with E-state index in [1.165, 1.54) is 6.07 Å². The number of nitrogens with zero attached hydrogens (tertiary/aromatic N) is 3. The third-order valence-electron chi connectivity index (χ3n) is 5.94. The molecule has 0 bridgehead atoms. The number of benzene rings is 2. The van der Waals surface area contributed by atoms with Crippen LogP contribution in [0.4, 0.5) is 4.39 Å². The minimum absolute atomic E-state index is 0.178. The van der Waals surface area contributed by atoms with Gasteiger partial charge in [0.25, 0.3) is 0 Å². The zero-order valence-electron chi connectivity index (χ0n) is 18.9. The second-order valence-electron chi connectivity index (χ2n) is 8.61. The highest BCUT2D eigenvalue weighted by Gasteiger charge is 2.33. The first kappa shape index (κ1) is 22.5. The highest BCUT2D eigenvalue weighted by atomic mass is 19.1. The summed E-state index contributed by atoms with van der Waals surface area (Å²) in [5.74, 6) is 0.301. The summed E-state index contributed by atoms with van der Waals surface area (Å²) in [6.45, 7) is 3.35. The molecule has 1 N–H and O–H groups in total. The number of hydrogen-bond acceptors (Lipinski definition) is 4. The Kier molecular flexibility index (Phi) is 7.22. The van der Waals surface area contributed by atoms with Gasteiger partial charge in [-0.05, 0) is 31.4 Å². The number of rotatable bonds is 11. The molecule has 1 aliphatic rings. The van der Waals surface area contributed by atoms with Crippen LogP contribution in [-0.2, 0) is 13.6 Å². The third-order valence-corrected chi connectivity index (χ3v) is 5.94. The largest absolute Gasteiger partial charge is 0.436 e. The molecule has 1 fully saturated rings. The first-order chi connectivity index (χ1) is 15.6. The summed E-state index contributed by atoms with van der Waals surface area (Å²) < 4.78 is 22.1. The van der Waals surface area contributed by atoms with Crippen molar-refractivity contribution in [3.8, 4) is 22.9 Å². The number of hydrogen-bond donors (Lipinski definition) is 1. The van der Waals surface area contributed by atoms with Gasteiger partial charge < -0.3 is 9.84 Å². The van der Waals surface area contributed by atoms with Crippen molar-refractivity contribution in [1.82, 2.24) is 14.7 Å². The van der Waals surface area contributed by atoms with Crippen LogP contribution < -0.4 is 4.74 Å². The fraction of sp³-hybridized carbons (Fsp3) is 0.423. The van der Waals surface area contributed by atoms with Gasteiger partial charge in [-0.25, -0.2) is 9.07 Å². The molecular weight excluding hydrogens is 405 g/mol. The zero-order chi connectivity index (χ0) is 22.5. The van der Waals surface area contributed by atoms with Gasteiger partial charge in [0.15, 0.2) is 11.6 Å². The van der Waals surface area contributed by atoms with Crippen LogP contribution in [-0.4, -0.2) is 38.5 Å². The van der Waals surface area contributed by atoms with Crippen LogP contribution in [0.15, 0.2) is 54.6 Å². The highest BCUT2D eigenvalue weighted by Crippen LogP contribution is 2.37. The number of unbranched alkanes of at least 4 members (excludes halogenated alkanes) is 1. The van der Waals surface area contributed by atoms with E-state index in [1.807, 2.05) is 37.4 Å². The van der Waals surface area contributed by atoms with Gasteiger partial charge in [-0.15, -0.1) is 0 Å². The van der Waals surface area contributed by atoms with E-state index in [2.05, 4.69) is 11.8 Å². The summed E-state index contributed by atoms with van der Waals surface area (Å²) in [4.78, 5) is 2.33. The Bertz CT molecular complexity index is 1020. The monoisotopic (exact) mass is 437 g/mol. The van der Waals surface area contributed by atoms with Gasteiger partial charge in [0.2, 0.25) is 5.88 Å². The van der Waals surface area contributed by atoms with Crippen molar-refractivity contribution in [3.05, 3.63) is 66.0 Å². The van der Waals surface area contributed by atoms with Crippen LogP contribution in [0, 0.1) is 5.82 Å². The van der Waals surface area contributed by atoms with Gasteiger partial charge in [0, 0.05) is 31.7 Å². The molecule has 0 spiro atoms. The average Bonchev–Trinajstić information content (AvgIpc) is 3.60. The number of aliphatic hydroxyl groups is 1. The van der Waals surface area contributed by atoms with E-state index in [-0.39, 0.29) is 11.9 Å². The maximum absolute atomic E-state index is 14.4. The lowest BCUT2D eigenvalue weighted by molar-refractivity contribution is 0.0950. The Morgan fingerprint density at radius 2 is 1.88 bits per heavy atom. The molecule has 1 atom stereocenters. The maximum Gasteiger partial charge on any atom is 0.222 e. The number of halogens is 1. The molecule has 6 heteroatoms. The normalized spacial score (nSPS) is 14.7. The van der Waals surface area contributed by atoms with Crippen molar-refractivity contribution in [3.63, 3.8) is 0 Å². The highest BCUT2D eigenvalue weighted by molar-refractivity contribution is 5.65. The standard InChI is InChI=1S/C26H32FN3O2/c1-3-4-12-21(31)17-30(20-15-16-20)18-22-25(19-10-6-5-7-11-19)28-29(2)26(22)32-24-14-9-8-13-23(24)27/h5-11,13-14,20-21,31H,3-4,12,15-18H2,1-2H3. The quantitative estimate of drug-likeness (QED) is 0.428. The first-order valence-corrected chi connectivity index (χ1v) is 11.5. The summed E-state index contributed by atoms with van der Waals surface area (Å²) in [6.07, 6.45) is 4.79. The minimum atomic E-state index is -0.407. The molecule has 3 aromatic rings. The van der Waals surface area contributed by atoms with Crippen LogP contribution in [0.2, 0.25) is 0 Å². The van der Waals surface area contributed by atoms with Gasteiger partial charge in [-0.2, -0.15) is 5.10 Å². The Balaban J connectivity index is 1.68. The van der Waals surface area contributed by atoms with Crippen molar-refractivity contribution in [2.24, 2.45) is 7.05 Å². The average molecular weight is 438 g/mol. The van der Waals surface area contributed by atoms with Gasteiger partial charge in [-0.3, -0.25) is 4.90 Å². The lowest BCUT2D eigenvalue weighted by Gasteiger charge is -2.25. The summed E-state index contributed by atoms with van der Waals surface area (Å²) in [7, 11) is 1.82. The molecule has 1 aromatic heterocycles. The Labute approximate surface area is 189 Å². The second-order valence-corrected chi connectivity index (χ2v) is 8.61. The molecule has 170 valence electrons. The van der Waals surface area contributed by atoms with E-state index in [9.17, 15) is 9.50 Å². The molecule has 0 radical (unpaired) electrons. The minimum Gasteiger partial charge on any atom is -0.436 e. The molecule has 4 rings (SSSR count). The summed E-state index contributed by atoms with van der Waals surface area (Å²) in [5.41, 5.74) is 2.73. The summed E-state index contributed by atoms with van der Waals surface area (Å²) in [5, 5.41) is 15.3. The Morgan fingerprint density at radius 3 is 2.56 bits per heavy atom. The lowest BCUT2D eigenvalue weighted by atomic mass is 10.1. The van der Waals surface area contributed by atoms with Crippen molar-refractivity contribution in [1.29, 1.82) is 0 Å². The van der Waals surface area contributed by atoms with Gasteiger partial charge in [0.1, 0.15) is 5.69 Å². The molecule has 5 nitrogen and oxygen atoms in total. The van der Waals surface area contributed by atoms with Crippen molar-refractivity contribution in [2.75, 3.05) is 6.54 Å². The summed E-state index contributed by atoms with van der Waals surface area (Å²) in [6, 6.07) is 16.9. The molecule has 1 heterocycles. The van der Waals surface area contributed by atoms with Crippen molar-refractivity contribution >= 4 is 0 Å². The number of para-hydroxylation sites is 1. The zero-order valence-corrected chi connectivity index (χ0v) is 18.9. The molecule has 0 saturated heterocycles. The van der Waals surface area contributed by atoms with E-state index >= 15 is 0 Å². The van der Waals surface area contributed by atoms with Gasteiger partial charge >= 0.3 is 0 Å². The molecule has 1 unspecified atom stereocenters. The topological polar surface area (TPSA) is 50.5 Å². The van der Waals surface area contributed by atoms with Crippen molar-refractivity contribution in [2.45, 2.75) is 57.7 Å². The number of ether oxygens (including phenoxy) is 1.